The van der Waals surface area contributed by atoms with Gasteiger partial charge in [-0.3, -0.25) is 4.79 Å². The van der Waals surface area contributed by atoms with Crippen molar-refractivity contribution in [3.8, 4) is 5.75 Å². The molecule has 0 radical (unpaired) electrons. The normalized spacial score (nSPS) is 13.3. The van der Waals surface area contributed by atoms with E-state index >= 15 is 0 Å². The first-order chi connectivity index (χ1) is 13.0. The number of aryl methyl sites for hydroxylation is 1. The summed E-state index contributed by atoms with van der Waals surface area (Å²) in [5.74, 6) is 1.62. The van der Waals surface area contributed by atoms with Crippen LogP contribution in [0, 0.1) is 6.92 Å². The van der Waals surface area contributed by atoms with Gasteiger partial charge in [0.1, 0.15) is 23.6 Å². The first-order valence-electron chi connectivity index (χ1n) is 9.19. The number of amides is 1. The number of nitrogens with one attached hydrogen (secondary N) is 2. The summed E-state index contributed by atoms with van der Waals surface area (Å²) in [6.07, 6.45) is 0. The van der Waals surface area contributed by atoms with Crippen molar-refractivity contribution in [1.29, 1.82) is 0 Å². The molecule has 5 heteroatoms. The Balaban J connectivity index is 1.59. The maximum atomic E-state index is 12.5. The van der Waals surface area contributed by atoms with Crippen molar-refractivity contribution in [3.05, 3.63) is 65.4 Å². The maximum Gasteiger partial charge on any atom is 0.275 e. The van der Waals surface area contributed by atoms with E-state index in [9.17, 15) is 4.79 Å². The van der Waals surface area contributed by atoms with Gasteiger partial charge in [-0.2, -0.15) is 0 Å². The lowest BCUT2D eigenvalue weighted by Crippen LogP contribution is -3.08. The zero-order valence-electron chi connectivity index (χ0n) is 16.3. The van der Waals surface area contributed by atoms with Crippen LogP contribution in [-0.2, 0) is 11.3 Å². The SMILES string of the molecule is COc1ccc(C)cc1C[NH+](C)CC(=O)N[C@@H](C)c1cc2ccccc2o1. The van der Waals surface area contributed by atoms with Crippen molar-refractivity contribution in [1.82, 2.24) is 5.32 Å². The molecule has 1 amide bonds. The van der Waals surface area contributed by atoms with Crippen LogP contribution in [0.5, 0.6) is 5.75 Å². The second kappa shape index (κ2) is 8.27. The number of para-hydroxylation sites is 1. The molecule has 2 aromatic carbocycles. The molecular formula is C22H27N2O3+. The van der Waals surface area contributed by atoms with E-state index in [1.54, 1.807) is 7.11 Å². The predicted octanol–water partition coefficient (Wildman–Crippen LogP) is 2.64. The van der Waals surface area contributed by atoms with Gasteiger partial charge < -0.3 is 19.4 Å². The van der Waals surface area contributed by atoms with E-state index in [2.05, 4.69) is 18.3 Å². The number of hydrogen-bond donors (Lipinski definition) is 2. The van der Waals surface area contributed by atoms with E-state index in [1.807, 2.05) is 56.4 Å². The number of likely N-dealkylation sites (N-methyl/N-ethyl adjacent to an activating group) is 1. The summed E-state index contributed by atoms with van der Waals surface area (Å²) in [5, 5.41) is 4.07. The first kappa shape index (κ1) is 19.0. The van der Waals surface area contributed by atoms with Crippen LogP contribution in [0.2, 0.25) is 0 Å². The van der Waals surface area contributed by atoms with Gasteiger partial charge in [0.2, 0.25) is 0 Å². The summed E-state index contributed by atoms with van der Waals surface area (Å²) in [4.78, 5) is 13.6. The third-order valence-electron chi connectivity index (χ3n) is 4.64. The van der Waals surface area contributed by atoms with E-state index < -0.39 is 0 Å². The molecule has 27 heavy (non-hydrogen) atoms. The van der Waals surface area contributed by atoms with Gasteiger partial charge in [0.25, 0.3) is 5.91 Å². The highest BCUT2D eigenvalue weighted by atomic mass is 16.5. The second-order valence-corrected chi connectivity index (χ2v) is 7.10. The first-order valence-corrected chi connectivity index (χ1v) is 9.19. The van der Waals surface area contributed by atoms with Gasteiger partial charge in [-0.15, -0.1) is 0 Å². The van der Waals surface area contributed by atoms with Gasteiger partial charge in [0.05, 0.1) is 20.2 Å². The van der Waals surface area contributed by atoms with Crippen LogP contribution in [-0.4, -0.2) is 26.6 Å². The van der Waals surface area contributed by atoms with Crippen LogP contribution < -0.4 is 15.0 Å². The minimum Gasteiger partial charge on any atom is -0.496 e. The molecule has 2 N–H and O–H groups in total. The predicted molar refractivity (Wildman–Crippen MR) is 106 cm³/mol. The van der Waals surface area contributed by atoms with Crippen molar-refractivity contribution < 1.29 is 18.8 Å². The fourth-order valence-electron chi connectivity index (χ4n) is 3.29. The average Bonchev–Trinajstić information content (AvgIpc) is 3.06. The third-order valence-corrected chi connectivity index (χ3v) is 4.64. The van der Waals surface area contributed by atoms with E-state index in [1.165, 1.54) is 5.56 Å². The zero-order valence-corrected chi connectivity index (χ0v) is 16.3. The van der Waals surface area contributed by atoms with Crippen LogP contribution in [0.25, 0.3) is 11.0 Å². The summed E-state index contributed by atoms with van der Waals surface area (Å²) >= 11 is 0. The van der Waals surface area contributed by atoms with Crippen molar-refractivity contribution >= 4 is 16.9 Å². The lowest BCUT2D eigenvalue weighted by Gasteiger charge is -2.17. The van der Waals surface area contributed by atoms with Crippen molar-refractivity contribution in [3.63, 3.8) is 0 Å². The molecule has 142 valence electrons. The van der Waals surface area contributed by atoms with Crippen LogP contribution in [0.4, 0.5) is 0 Å². The van der Waals surface area contributed by atoms with E-state index in [0.29, 0.717) is 6.54 Å². The lowest BCUT2D eigenvalue weighted by molar-refractivity contribution is -0.885. The van der Waals surface area contributed by atoms with Crippen molar-refractivity contribution in [2.24, 2.45) is 0 Å². The Labute approximate surface area is 159 Å². The van der Waals surface area contributed by atoms with Gasteiger partial charge in [0.15, 0.2) is 6.54 Å². The van der Waals surface area contributed by atoms with E-state index in [-0.39, 0.29) is 11.9 Å². The van der Waals surface area contributed by atoms with Gasteiger partial charge >= 0.3 is 0 Å². The Morgan fingerprint density at radius 2 is 2.00 bits per heavy atom. The molecule has 5 nitrogen and oxygen atoms in total. The molecule has 0 saturated carbocycles. The highest BCUT2D eigenvalue weighted by Crippen LogP contribution is 2.23. The number of ether oxygens (including phenoxy) is 1. The standard InChI is InChI=1S/C22H26N2O3/c1-15-9-10-19(26-4)18(11-15)13-24(3)14-22(25)23-16(2)21-12-17-7-5-6-8-20(17)27-21/h5-12,16H,13-14H2,1-4H3,(H,23,25)/p+1/t16-/m0/s1. The number of methoxy groups -OCH3 is 1. The molecule has 0 spiro atoms. The zero-order chi connectivity index (χ0) is 19.4. The van der Waals surface area contributed by atoms with Gasteiger partial charge in [-0.1, -0.05) is 29.8 Å². The molecule has 0 fully saturated rings. The van der Waals surface area contributed by atoms with Gasteiger partial charge in [-0.05, 0) is 38.1 Å². The molecule has 0 aliphatic heterocycles. The Bertz CT molecular complexity index is 899. The maximum absolute atomic E-state index is 12.5. The summed E-state index contributed by atoms with van der Waals surface area (Å²) in [6, 6.07) is 15.8. The van der Waals surface area contributed by atoms with Crippen LogP contribution in [0.1, 0.15) is 29.9 Å². The van der Waals surface area contributed by atoms with Crippen molar-refractivity contribution in [2.45, 2.75) is 26.4 Å². The molecular weight excluding hydrogens is 340 g/mol. The van der Waals surface area contributed by atoms with Crippen LogP contribution in [0.3, 0.4) is 0 Å². The minimum atomic E-state index is -0.175. The molecule has 0 saturated heterocycles. The Hall–Kier alpha value is -2.79. The Kier molecular flexibility index (Phi) is 5.81. The average molecular weight is 367 g/mol. The summed E-state index contributed by atoms with van der Waals surface area (Å²) in [7, 11) is 3.68. The molecule has 0 aliphatic carbocycles. The van der Waals surface area contributed by atoms with Gasteiger partial charge in [-0.25, -0.2) is 0 Å². The van der Waals surface area contributed by atoms with Gasteiger partial charge in [0, 0.05) is 10.9 Å². The lowest BCUT2D eigenvalue weighted by atomic mass is 10.1. The third kappa shape index (κ3) is 4.68. The molecule has 1 heterocycles. The number of fused-ring (bicyclic) bond motifs is 1. The number of hydrogen-bond acceptors (Lipinski definition) is 3. The monoisotopic (exact) mass is 367 g/mol. The minimum absolute atomic E-state index is 0.00734. The molecule has 0 aliphatic rings. The second-order valence-electron chi connectivity index (χ2n) is 7.10. The number of carbonyl (C=O) groups is 1. The Morgan fingerprint density at radius 1 is 1.22 bits per heavy atom. The fraction of sp³-hybridized carbons (Fsp3) is 0.318. The molecule has 0 bridgehead atoms. The molecule has 3 aromatic rings. The van der Waals surface area contributed by atoms with Crippen molar-refractivity contribution in [2.75, 3.05) is 20.7 Å². The van der Waals surface area contributed by atoms with E-state index in [0.717, 1.165) is 39.5 Å². The van der Waals surface area contributed by atoms with E-state index in [4.69, 9.17) is 9.15 Å². The topological polar surface area (TPSA) is 55.9 Å². The van der Waals surface area contributed by atoms with Crippen LogP contribution >= 0.6 is 0 Å². The molecule has 1 aromatic heterocycles. The molecule has 2 atom stereocenters. The number of quaternary nitrogens is 1. The highest BCUT2D eigenvalue weighted by Gasteiger charge is 2.18. The number of carbonyl (C=O) groups excluding carboxylic acids is 1. The summed E-state index contributed by atoms with van der Waals surface area (Å²) in [6.45, 7) is 5.09. The summed E-state index contributed by atoms with van der Waals surface area (Å²) < 4.78 is 11.3. The Morgan fingerprint density at radius 3 is 2.74 bits per heavy atom. The molecule has 1 unspecified atom stereocenters. The highest BCUT2D eigenvalue weighted by molar-refractivity contribution is 5.79. The molecule has 3 rings (SSSR count). The smallest absolute Gasteiger partial charge is 0.275 e. The number of rotatable bonds is 7. The number of furan rings is 1. The fourth-order valence-corrected chi connectivity index (χ4v) is 3.29. The quantitative estimate of drug-likeness (QED) is 0.675. The largest absolute Gasteiger partial charge is 0.496 e. The summed E-state index contributed by atoms with van der Waals surface area (Å²) in [5.41, 5.74) is 3.12. The van der Waals surface area contributed by atoms with Crippen LogP contribution in [0.15, 0.2) is 52.9 Å². The number of benzene rings is 2.